The van der Waals surface area contributed by atoms with Gasteiger partial charge in [0.25, 0.3) is 0 Å². The second kappa shape index (κ2) is 7.38. The largest absolute Gasteiger partial charge is 0.393 e. The van der Waals surface area contributed by atoms with E-state index < -0.39 is 17.7 Å². The Morgan fingerprint density at radius 1 is 1.12 bits per heavy atom. The van der Waals surface area contributed by atoms with Crippen LogP contribution in [-0.4, -0.2) is 11.2 Å². The topological polar surface area (TPSA) is 20.2 Å². The van der Waals surface area contributed by atoms with Gasteiger partial charge in [0.15, 0.2) is 11.6 Å². The Labute approximate surface area is 101 Å². The van der Waals surface area contributed by atoms with Crippen LogP contribution < -0.4 is 0 Å². The van der Waals surface area contributed by atoms with Gasteiger partial charge in [-0.2, -0.15) is 0 Å². The highest BCUT2D eigenvalue weighted by Crippen LogP contribution is 2.13. The van der Waals surface area contributed by atoms with Crippen molar-refractivity contribution in [3.05, 3.63) is 35.4 Å². The summed E-state index contributed by atoms with van der Waals surface area (Å²) in [5, 5.41) is 9.75. The number of benzene rings is 1. The van der Waals surface area contributed by atoms with Crippen molar-refractivity contribution in [1.29, 1.82) is 0 Å². The average molecular weight is 242 g/mol. The van der Waals surface area contributed by atoms with Gasteiger partial charge in [-0.1, -0.05) is 38.7 Å². The molecule has 1 N–H and O–H groups in total. The van der Waals surface area contributed by atoms with E-state index in [-0.39, 0.29) is 0 Å². The summed E-state index contributed by atoms with van der Waals surface area (Å²) in [4.78, 5) is 0. The molecule has 0 aliphatic carbocycles. The number of rotatable bonds is 7. The number of halogens is 2. The van der Waals surface area contributed by atoms with Gasteiger partial charge in [-0.25, -0.2) is 8.78 Å². The Bertz CT molecular complexity index is 339. The van der Waals surface area contributed by atoms with Crippen molar-refractivity contribution in [1.82, 2.24) is 0 Å². The second-order valence-corrected chi connectivity index (χ2v) is 4.46. The summed E-state index contributed by atoms with van der Waals surface area (Å²) in [6.45, 7) is 2.14. The van der Waals surface area contributed by atoms with Crippen molar-refractivity contribution in [2.45, 2.75) is 51.6 Å². The maximum absolute atomic E-state index is 12.9. The van der Waals surface area contributed by atoms with Crippen LogP contribution in [0.3, 0.4) is 0 Å². The minimum Gasteiger partial charge on any atom is -0.393 e. The lowest BCUT2D eigenvalue weighted by Crippen LogP contribution is -2.10. The lowest BCUT2D eigenvalue weighted by atomic mass is 10.0. The maximum Gasteiger partial charge on any atom is 0.159 e. The predicted octanol–water partition coefficient (Wildman–Crippen LogP) is 3.84. The molecular formula is C14H20F2O. The summed E-state index contributed by atoms with van der Waals surface area (Å²) in [6.07, 6.45) is 5.10. The van der Waals surface area contributed by atoms with Crippen LogP contribution >= 0.6 is 0 Å². The molecule has 0 aliphatic heterocycles. The molecule has 0 spiro atoms. The minimum absolute atomic E-state index is 0.392. The third-order valence-electron chi connectivity index (χ3n) is 2.85. The first-order chi connectivity index (χ1) is 8.13. The molecule has 3 heteroatoms. The highest BCUT2D eigenvalue weighted by atomic mass is 19.2. The van der Waals surface area contributed by atoms with Gasteiger partial charge in [0.2, 0.25) is 0 Å². The highest BCUT2D eigenvalue weighted by molar-refractivity contribution is 5.18. The fourth-order valence-electron chi connectivity index (χ4n) is 1.85. The van der Waals surface area contributed by atoms with Crippen molar-refractivity contribution in [2.24, 2.45) is 0 Å². The fourth-order valence-corrected chi connectivity index (χ4v) is 1.85. The summed E-state index contributed by atoms with van der Waals surface area (Å²) < 4.78 is 25.6. The molecule has 0 aliphatic rings. The monoisotopic (exact) mass is 242 g/mol. The van der Waals surface area contributed by atoms with E-state index >= 15 is 0 Å². The smallest absolute Gasteiger partial charge is 0.159 e. The van der Waals surface area contributed by atoms with Crippen LogP contribution in [0.25, 0.3) is 0 Å². The molecule has 0 radical (unpaired) electrons. The van der Waals surface area contributed by atoms with Crippen molar-refractivity contribution in [2.75, 3.05) is 0 Å². The van der Waals surface area contributed by atoms with E-state index in [0.29, 0.717) is 12.0 Å². The summed E-state index contributed by atoms with van der Waals surface area (Å²) in [7, 11) is 0. The van der Waals surface area contributed by atoms with E-state index in [1.807, 2.05) is 0 Å². The fraction of sp³-hybridized carbons (Fsp3) is 0.571. The van der Waals surface area contributed by atoms with Gasteiger partial charge in [-0.05, 0) is 30.5 Å². The van der Waals surface area contributed by atoms with Crippen LogP contribution in [-0.2, 0) is 6.42 Å². The maximum atomic E-state index is 12.9. The van der Waals surface area contributed by atoms with Crippen molar-refractivity contribution in [3.8, 4) is 0 Å². The zero-order valence-corrected chi connectivity index (χ0v) is 10.3. The third-order valence-corrected chi connectivity index (χ3v) is 2.85. The van der Waals surface area contributed by atoms with Gasteiger partial charge < -0.3 is 5.11 Å². The van der Waals surface area contributed by atoms with Crippen LogP contribution in [0.1, 0.15) is 44.6 Å². The molecule has 96 valence electrons. The molecule has 17 heavy (non-hydrogen) atoms. The van der Waals surface area contributed by atoms with Crippen molar-refractivity contribution in [3.63, 3.8) is 0 Å². The number of aliphatic hydroxyl groups excluding tert-OH is 1. The molecule has 1 unspecified atom stereocenters. The summed E-state index contributed by atoms with van der Waals surface area (Å²) in [5.41, 5.74) is 0.645. The van der Waals surface area contributed by atoms with E-state index in [1.54, 1.807) is 0 Å². The lowest BCUT2D eigenvalue weighted by molar-refractivity contribution is 0.161. The van der Waals surface area contributed by atoms with Gasteiger partial charge >= 0.3 is 0 Å². The zero-order valence-electron chi connectivity index (χ0n) is 10.3. The number of aliphatic hydroxyl groups is 1. The first-order valence-electron chi connectivity index (χ1n) is 6.25. The molecule has 0 saturated heterocycles. The molecule has 0 aromatic heterocycles. The molecular weight excluding hydrogens is 222 g/mol. The normalized spacial score (nSPS) is 12.7. The van der Waals surface area contributed by atoms with Crippen molar-refractivity contribution >= 4 is 0 Å². The number of unbranched alkanes of at least 4 members (excludes halogenated alkanes) is 3. The quantitative estimate of drug-likeness (QED) is 0.720. The van der Waals surface area contributed by atoms with Gasteiger partial charge in [-0.15, -0.1) is 0 Å². The Morgan fingerprint density at radius 3 is 2.53 bits per heavy atom. The molecule has 0 amide bonds. The molecule has 1 atom stereocenters. The van der Waals surface area contributed by atoms with Crippen LogP contribution in [0.4, 0.5) is 8.78 Å². The van der Waals surface area contributed by atoms with E-state index in [2.05, 4.69) is 6.92 Å². The molecule has 0 heterocycles. The Kier molecular flexibility index (Phi) is 6.12. The summed E-state index contributed by atoms with van der Waals surface area (Å²) in [5.74, 6) is -1.69. The van der Waals surface area contributed by atoms with E-state index in [1.165, 1.54) is 18.9 Å². The highest BCUT2D eigenvalue weighted by Gasteiger charge is 2.08. The van der Waals surface area contributed by atoms with Crippen molar-refractivity contribution < 1.29 is 13.9 Å². The molecule has 0 bridgehead atoms. The van der Waals surface area contributed by atoms with Crippen LogP contribution in [0, 0.1) is 11.6 Å². The summed E-state index contributed by atoms with van der Waals surface area (Å²) in [6, 6.07) is 3.78. The Morgan fingerprint density at radius 2 is 1.88 bits per heavy atom. The molecule has 1 aromatic rings. The van der Waals surface area contributed by atoms with E-state index in [4.69, 9.17) is 0 Å². The standard InChI is InChI=1S/C14H20F2O/c1-2-3-4-5-6-12(17)9-11-7-8-13(15)14(16)10-11/h7-8,10,12,17H,2-6,9H2,1H3. The molecule has 1 nitrogen and oxygen atoms in total. The van der Waals surface area contributed by atoms with Crippen LogP contribution in [0.15, 0.2) is 18.2 Å². The summed E-state index contributed by atoms with van der Waals surface area (Å²) >= 11 is 0. The Balaban J connectivity index is 2.34. The van der Waals surface area contributed by atoms with Gasteiger partial charge in [0.1, 0.15) is 0 Å². The van der Waals surface area contributed by atoms with Gasteiger partial charge in [0, 0.05) is 0 Å². The first kappa shape index (κ1) is 14.1. The molecule has 0 fully saturated rings. The van der Waals surface area contributed by atoms with E-state index in [0.717, 1.165) is 31.4 Å². The van der Waals surface area contributed by atoms with Crippen LogP contribution in [0.2, 0.25) is 0 Å². The number of hydrogen-bond acceptors (Lipinski definition) is 1. The molecule has 1 aromatic carbocycles. The lowest BCUT2D eigenvalue weighted by Gasteiger charge is -2.10. The Hall–Kier alpha value is -0.960. The average Bonchev–Trinajstić information content (AvgIpc) is 2.30. The second-order valence-electron chi connectivity index (χ2n) is 4.46. The third kappa shape index (κ3) is 5.26. The molecule has 1 rings (SSSR count). The zero-order chi connectivity index (χ0) is 12.7. The van der Waals surface area contributed by atoms with E-state index in [9.17, 15) is 13.9 Å². The van der Waals surface area contributed by atoms with Gasteiger partial charge in [-0.3, -0.25) is 0 Å². The number of hydrogen-bond donors (Lipinski definition) is 1. The predicted molar refractivity (Wildman–Crippen MR) is 64.8 cm³/mol. The van der Waals surface area contributed by atoms with Gasteiger partial charge in [0.05, 0.1) is 6.10 Å². The minimum atomic E-state index is -0.847. The first-order valence-corrected chi connectivity index (χ1v) is 6.25. The SMILES string of the molecule is CCCCCCC(O)Cc1ccc(F)c(F)c1. The van der Waals surface area contributed by atoms with Crippen LogP contribution in [0.5, 0.6) is 0 Å². The molecule has 0 saturated carbocycles.